The van der Waals surface area contributed by atoms with Gasteiger partial charge in [0.05, 0.1) is 19.3 Å². The van der Waals surface area contributed by atoms with Gasteiger partial charge in [0, 0.05) is 18.5 Å². The van der Waals surface area contributed by atoms with Gasteiger partial charge in [0.15, 0.2) is 5.82 Å². The van der Waals surface area contributed by atoms with Crippen molar-refractivity contribution in [2.45, 2.75) is 45.4 Å². The fourth-order valence-electron chi connectivity index (χ4n) is 2.73. The Morgan fingerprint density at radius 3 is 2.77 bits per heavy atom. The molecule has 2 atom stereocenters. The van der Waals surface area contributed by atoms with Gasteiger partial charge >= 0.3 is 0 Å². The van der Waals surface area contributed by atoms with Gasteiger partial charge in [0.25, 0.3) is 0 Å². The summed E-state index contributed by atoms with van der Waals surface area (Å²) in [6, 6.07) is 10.8. The molecule has 1 fully saturated rings. The van der Waals surface area contributed by atoms with E-state index in [1.54, 1.807) is 0 Å². The first-order chi connectivity index (χ1) is 10.6. The SMILES string of the molecule is CC(C)c1n[nH]c(CN2C[C@@H](c3ccccc3)OC[C@@H]2C)n1. The van der Waals surface area contributed by atoms with Crippen molar-refractivity contribution in [2.75, 3.05) is 13.2 Å². The second-order valence-corrected chi connectivity index (χ2v) is 6.31. The van der Waals surface area contributed by atoms with E-state index in [9.17, 15) is 0 Å². The minimum Gasteiger partial charge on any atom is -0.371 e. The van der Waals surface area contributed by atoms with Crippen molar-refractivity contribution in [2.24, 2.45) is 0 Å². The van der Waals surface area contributed by atoms with Crippen molar-refractivity contribution < 1.29 is 4.74 Å². The lowest BCUT2D eigenvalue weighted by atomic mass is 10.1. The largest absolute Gasteiger partial charge is 0.371 e. The van der Waals surface area contributed by atoms with Crippen LogP contribution in [-0.2, 0) is 11.3 Å². The highest BCUT2D eigenvalue weighted by atomic mass is 16.5. The van der Waals surface area contributed by atoms with E-state index >= 15 is 0 Å². The molecule has 118 valence electrons. The first-order valence-electron chi connectivity index (χ1n) is 7.95. The van der Waals surface area contributed by atoms with Gasteiger partial charge in [-0.25, -0.2) is 4.98 Å². The summed E-state index contributed by atoms with van der Waals surface area (Å²) in [6.45, 7) is 8.81. The number of ether oxygens (including phenoxy) is 1. The molecule has 1 aliphatic heterocycles. The zero-order chi connectivity index (χ0) is 15.5. The van der Waals surface area contributed by atoms with Crippen LogP contribution in [0.5, 0.6) is 0 Å². The maximum atomic E-state index is 6.00. The van der Waals surface area contributed by atoms with Gasteiger partial charge in [-0.2, -0.15) is 5.10 Å². The lowest BCUT2D eigenvalue weighted by Gasteiger charge is -2.37. The Labute approximate surface area is 131 Å². The van der Waals surface area contributed by atoms with Crippen molar-refractivity contribution in [1.82, 2.24) is 20.1 Å². The number of hydrogen-bond acceptors (Lipinski definition) is 4. The number of rotatable bonds is 4. The topological polar surface area (TPSA) is 54.0 Å². The summed E-state index contributed by atoms with van der Waals surface area (Å²) in [7, 11) is 0. The number of nitrogens with one attached hydrogen (secondary N) is 1. The Hall–Kier alpha value is -1.72. The summed E-state index contributed by atoms with van der Waals surface area (Å²) < 4.78 is 6.00. The molecule has 0 unspecified atom stereocenters. The van der Waals surface area contributed by atoms with E-state index in [2.05, 4.69) is 65.1 Å². The number of hydrogen-bond donors (Lipinski definition) is 1. The van der Waals surface area contributed by atoms with Crippen molar-refractivity contribution >= 4 is 0 Å². The summed E-state index contributed by atoms with van der Waals surface area (Å²) in [6.07, 6.45) is 0.130. The van der Waals surface area contributed by atoms with Gasteiger partial charge in [-0.1, -0.05) is 44.2 Å². The van der Waals surface area contributed by atoms with Crippen LogP contribution in [0.1, 0.15) is 50.0 Å². The lowest BCUT2D eigenvalue weighted by Crippen LogP contribution is -2.44. The lowest BCUT2D eigenvalue weighted by molar-refractivity contribution is -0.0640. The monoisotopic (exact) mass is 300 g/mol. The Bertz CT molecular complexity index is 596. The van der Waals surface area contributed by atoms with E-state index in [1.165, 1.54) is 5.56 Å². The molecule has 3 rings (SSSR count). The van der Waals surface area contributed by atoms with Crippen LogP contribution in [0.2, 0.25) is 0 Å². The molecule has 5 nitrogen and oxygen atoms in total. The molecular formula is C17H24N4O. The van der Waals surface area contributed by atoms with Gasteiger partial charge in [-0.05, 0) is 12.5 Å². The normalized spacial score (nSPS) is 23.1. The second kappa shape index (κ2) is 6.58. The first-order valence-corrected chi connectivity index (χ1v) is 7.95. The zero-order valence-electron chi connectivity index (χ0n) is 13.5. The molecule has 22 heavy (non-hydrogen) atoms. The molecule has 1 aliphatic rings. The molecule has 0 saturated carbocycles. The predicted octanol–water partition coefficient (Wildman–Crippen LogP) is 2.89. The van der Waals surface area contributed by atoms with Crippen LogP contribution >= 0.6 is 0 Å². The third kappa shape index (κ3) is 3.36. The van der Waals surface area contributed by atoms with Gasteiger partial charge in [0.1, 0.15) is 5.82 Å². The summed E-state index contributed by atoms with van der Waals surface area (Å²) in [5.41, 5.74) is 1.24. The fraction of sp³-hybridized carbons (Fsp3) is 0.529. The molecule has 1 aromatic heterocycles. The summed E-state index contributed by atoms with van der Waals surface area (Å²) >= 11 is 0. The molecule has 0 aliphatic carbocycles. The Morgan fingerprint density at radius 2 is 2.09 bits per heavy atom. The maximum absolute atomic E-state index is 6.00. The van der Waals surface area contributed by atoms with Crippen molar-refractivity contribution in [1.29, 1.82) is 0 Å². The third-order valence-electron chi connectivity index (χ3n) is 4.15. The maximum Gasteiger partial charge on any atom is 0.153 e. The molecule has 2 heterocycles. The van der Waals surface area contributed by atoms with Crippen LogP contribution in [0.3, 0.4) is 0 Å². The van der Waals surface area contributed by atoms with Crippen molar-refractivity contribution in [3.8, 4) is 0 Å². The quantitative estimate of drug-likeness (QED) is 0.943. The number of H-pyrrole nitrogens is 1. The predicted molar refractivity (Wildman–Crippen MR) is 85.5 cm³/mol. The van der Waals surface area contributed by atoms with E-state index in [0.29, 0.717) is 12.0 Å². The van der Waals surface area contributed by atoms with Crippen LogP contribution in [0.4, 0.5) is 0 Å². The zero-order valence-corrected chi connectivity index (χ0v) is 13.5. The van der Waals surface area contributed by atoms with Crippen LogP contribution in [0.25, 0.3) is 0 Å². The second-order valence-electron chi connectivity index (χ2n) is 6.31. The van der Waals surface area contributed by atoms with Crippen LogP contribution in [0.15, 0.2) is 30.3 Å². The standard InChI is InChI=1S/C17H24N4O/c1-12(2)17-18-16(19-20-17)10-21-9-15(22-11-13(21)3)14-7-5-4-6-8-14/h4-8,12-13,15H,9-11H2,1-3H3,(H,18,19,20)/t13-,15-/m0/s1. The van der Waals surface area contributed by atoms with E-state index in [4.69, 9.17) is 4.74 Å². The van der Waals surface area contributed by atoms with E-state index in [0.717, 1.165) is 31.3 Å². The summed E-state index contributed by atoms with van der Waals surface area (Å²) in [5.74, 6) is 2.17. The van der Waals surface area contributed by atoms with Gasteiger partial charge < -0.3 is 4.74 Å². The molecule has 1 saturated heterocycles. The highest BCUT2D eigenvalue weighted by molar-refractivity contribution is 5.18. The van der Waals surface area contributed by atoms with E-state index < -0.39 is 0 Å². The Morgan fingerprint density at radius 1 is 1.32 bits per heavy atom. The van der Waals surface area contributed by atoms with Crippen LogP contribution < -0.4 is 0 Å². The number of aromatic amines is 1. The molecular weight excluding hydrogens is 276 g/mol. The molecule has 0 radical (unpaired) electrons. The van der Waals surface area contributed by atoms with Gasteiger partial charge in [0.2, 0.25) is 0 Å². The van der Waals surface area contributed by atoms with Gasteiger partial charge in [-0.3, -0.25) is 10.00 Å². The highest BCUT2D eigenvalue weighted by Gasteiger charge is 2.27. The first kappa shape index (κ1) is 15.2. The van der Waals surface area contributed by atoms with Crippen LogP contribution in [0, 0.1) is 0 Å². The highest BCUT2D eigenvalue weighted by Crippen LogP contribution is 2.25. The van der Waals surface area contributed by atoms with E-state index in [1.807, 2.05) is 6.07 Å². The fourth-order valence-corrected chi connectivity index (χ4v) is 2.73. The van der Waals surface area contributed by atoms with Crippen molar-refractivity contribution in [3.63, 3.8) is 0 Å². The van der Waals surface area contributed by atoms with Gasteiger partial charge in [-0.15, -0.1) is 0 Å². The Balaban J connectivity index is 1.68. The molecule has 2 aromatic rings. The molecule has 0 amide bonds. The molecule has 0 bridgehead atoms. The number of benzene rings is 1. The number of nitrogens with zero attached hydrogens (tertiary/aromatic N) is 3. The summed E-state index contributed by atoms with van der Waals surface area (Å²) in [5, 5.41) is 7.36. The molecule has 1 N–H and O–H groups in total. The Kier molecular flexibility index (Phi) is 4.55. The smallest absolute Gasteiger partial charge is 0.153 e. The molecule has 5 heteroatoms. The average Bonchev–Trinajstić information content (AvgIpc) is 2.99. The number of aromatic nitrogens is 3. The van der Waals surface area contributed by atoms with Crippen LogP contribution in [-0.4, -0.2) is 39.3 Å². The minimum atomic E-state index is 0.130. The molecule has 1 aromatic carbocycles. The summed E-state index contributed by atoms with van der Waals surface area (Å²) in [4.78, 5) is 7.00. The minimum absolute atomic E-state index is 0.130. The van der Waals surface area contributed by atoms with E-state index in [-0.39, 0.29) is 6.10 Å². The molecule has 0 spiro atoms. The number of morpholine rings is 1. The van der Waals surface area contributed by atoms with Crippen molar-refractivity contribution in [3.05, 3.63) is 47.5 Å². The average molecular weight is 300 g/mol. The third-order valence-corrected chi connectivity index (χ3v) is 4.15.